The van der Waals surface area contributed by atoms with Gasteiger partial charge in [-0.3, -0.25) is 0 Å². The number of hydrogen-bond donors (Lipinski definition) is 1. The van der Waals surface area contributed by atoms with Crippen molar-refractivity contribution in [1.29, 1.82) is 0 Å². The molecule has 0 aliphatic rings. The molecule has 0 radical (unpaired) electrons. The normalized spacial score (nSPS) is 10.4. The molecule has 0 atom stereocenters. The standard InChI is InChI=1S/C8H10N4OS/c1-5-7(14-4-10-5)3-9-8-12-11-6(2)13-8/h4H,3H2,1-2H3,(H,9,12). The maximum Gasteiger partial charge on any atom is 0.315 e. The summed E-state index contributed by atoms with van der Waals surface area (Å²) in [6.07, 6.45) is 0. The highest BCUT2D eigenvalue weighted by atomic mass is 32.1. The molecule has 0 amide bonds. The van der Waals surface area contributed by atoms with E-state index >= 15 is 0 Å². The Morgan fingerprint density at radius 1 is 1.43 bits per heavy atom. The van der Waals surface area contributed by atoms with Gasteiger partial charge in [-0.2, -0.15) is 0 Å². The van der Waals surface area contributed by atoms with Crippen LogP contribution in [-0.4, -0.2) is 15.2 Å². The quantitative estimate of drug-likeness (QED) is 0.836. The summed E-state index contributed by atoms with van der Waals surface area (Å²) in [6.45, 7) is 4.42. The van der Waals surface area contributed by atoms with E-state index in [4.69, 9.17) is 4.42 Å². The Morgan fingerprint density at radius 2 is 2.29 bits per heavy atom. The summed E-state index contributed by atoms with van der Waals surface area (Å²) in [5.41, 5.74) is 2.87. The van der Waals surface area contributed by atoms with Gasteiger partial charge >= 0.3 is 6.01 Å². The van der Waals surface area contributed by atoms with Crippen molar-refractivity contribution in [3.05, 3.63) is 22.0 Å². The van der Waals surface area contributed by atoms with Gasteiger partial charge in [0, 0.05) is 11.8 Å². The predicted molar refractivity (Wildman–Crippen MR) is 53.2 cm³/mol. The monoisotopic (exact) mass is 210 g/mol. The number of nitrogens with zero attached hydrogens (tertiary/aromatic N) is 3. The van der Waals surface area contributed by atoms with Crippen molar-refractivity contribution in [2.45, 2.75) is 20.4 Å². The Labute approximate surface area is 85.2 Å². The molecular formula is C8H10N4OS. The number of nitrogens with one attached hydrogen (secondary N) is 1. The van der Waals surface area contributed by atoms with Crippen LogP contribution >= 0.6 is 11.3 Å². The minimum absolute atomic E-state index is 0.454. The Kier molecular flexibility index (Phi) is 2.45. The van der Waals surface area contributed by atoms with Gasteiger partial charge in [0.2, 0.25) is 5.89 Å². The van der Waals surface area contributed by atoms with E-state index in [2.05, 4.69) is 20.5 Å². The van der Waals surface area contributed by atoms with Gasteiger partial charge in [-0.1, -0.05) is 5.10 Å². The van der Waals surface area contributed by atoms with E-state index in [1.54, 1.807) is 18.3 Å². The lowest BCUT2D eigenvalue weighted by atomic mass is 10.4. The number of thiazole rings is 1. The molecule has 2 heterocycles. The van der Waals surface area contributed by atoms with E-state index in [0.29, 0.717) is 18.5 Å². The smallest absolute Gasteiger partial charge is 0.315 e. The summed E-state index contributed by atoms with van der Waals surface area (Å²) in [4.78, 5) is 5.33. The van der Waals surface area contributed by atoms with Crippen LogP contribution in [0.5, 0.6) is 0 Å². The van der Waals surface area contributed by atoms with Crippen LogP contribution < -0.4 is 5.32 Å². The lowest BCUT2D eigenvalue weighted by Crippen LogP contribution is -1.99. The minimum Gasteiger partial charge on any atom is -0.408 e. The van der Waals surface area contributed by atoms with E-state index in [-0.39, 0.29) is 0 Å². The molecular weight excluding hydrogens is 200 g/mol. The molecule has 2 aromatic heterocycles. The summed E-state index contributed by atoms with van der Waals surface area (Å²) >= 11 is 1.61. The predicted octanol–water partition coefficient (Wildman–Crippen LogP) is 1.76. The molecule has 0 fully saturated rings. The average molecular weight is 210 g/mol. The van der Waals surface area contributed by atoms with Crippen LogP contribution in [0.2, 0.25) is 0 Å². The Bertz CT molecular complexity index is 422. The number of hydrogen-bond acceptors (Lipinski definition) is 6. The van der Waals surface area contributed by atoms with Gasteiger partial charge < -0.3 is 9.73 Å². The first-order chi connectivity index (χ1) is 6.75. The molecule has 0 unspecified atom stereocenters. The molecule has 2 rings (SSSR count). The fraction of sp³-hybridized carbons (Fsp3) is 0.375. The van der Waals surface area contributed by atoms with Crippen LogP contribution in [-0.2, 0) is 6.54 Å². The van der Waals surface area contributed by atoms with E-state index in [1.165, 1.54) is 4.88 Å². The number of rotatable bonds is 3. The summed E-state index contributed by atoms with van der Waals surface area (Å²) in [5.74, 6) is 0.563. The van der Waals surface area contributed by atoms with Crippen molar-refractivity contribution in [1.82, 2.24) is 15.2 Å². The van der Waals surface area contributed by atoms with Gasteiger partial charge in [0.1, 0.15) is 0 Å². The second kappa shape index (κ2) is 3.75. The summed E-state index contributed by atoms with van der Waals surface area (Å²) in [6, 6.07) is 0.454. The van der Waals surface area contributed by atoms with Crippen molar-refractivity contribution in [3.8, 4) is 0 Å². The van der Waals surface area contributed by atoms with Crippen molar-refractivity contribution in [2.75, 3.05) is 5.32 Å². The molecule has 74 valence electrons. The molecule has 0 saturated carbocycles. The first-order valence-electron chi connectivity index (χ1n) is 4.18. The van der Waals surface area contributed by atoms with Crippen molar-refractivity contribution >= 4 is 17.4 Å². The van der Waals surface area contributed by atoms with Gasteiger partial charge in [0.25, 0.3) is 0 Å². The van der Waals surface area contributed by atoms with E-state index < -0.39 is 0 Å². The second-order valence-electron chi connectivity index (χ2n) is 2.84. The highest BCUT2D eigenvalue weighted by molar-refractivity contribution is 7.09. The molecule has 14 heavy (non-hydrogen) atoms. The minimum atomic E-state index is 0.454. The molecule has 0 aliphatic carbocycles. The summed E-state index contributed by atoms with van der Waals surface area (Å²) in [7, 11) is 0. The Hall–Kier alpha value is -1.43. The molecule has 0 aliphatic heterocycles. The molecule has 2 aromatic rings. The van der Waals surface area contributed by atoms with Gasteiger partial charge in [0.05, 0.1) is 17.7 Å². The first-order valence-corrected chi connectivity index (χ1v) is 5.06. The average Bonchev–Trinajstić information content (AvgIpc) is 2.72. The van der Waals surface area contributed by atoms with E-state index in [1.807, 2.05) is 12.4 Å². The lowest BCUT2D eigenvalue weighted by Gasteiger charge is -1.98. The zero-order chi connectivity index (χ0) is 9.97. The molecule has 1 N–H and O–H groups in total. The number of aryl methyl sites for hydroxylation is 2. The lowest BCUT2D eigenvalue weighted by molar-refractivity contribution is 0.531. The van der Waals surface area contributed by atoms with Crippen LogP contribution in [0.25, 0.3) is 0 Å². The maximum absolute atomic E-state index is 5.17. The molecule has 5 nitrogen and oxygen atoms in total. The van der Waals surface area contributed by atoms with E-state index in [0.717, 1.165) is 5.69 Å². The molecule has 0 spiro atoms. The third kappa shape index (κ3) is 1.90. The largest absolute Gasteiger partial charge is 0.408 e. The summed E-state index contributed by atoms with van der Waals surface area (Å²) < 4.78 is 5.17. The third-order valence-corrected chi connectivity index (χ3v) is 2.71. The number of aromatic nitrogens is 3. The summed E-state index contributed by atoms with van der Waals surface area (Å²) in [5, 5.41) is 10.6. The maximum atomic E-state index is 5.17. The van der Waals surface area contributed by atoms with Crippen LogP contribution in [0.15, 0.2) is 9.93 Å². The van der Waals surface area contributed by atoms with Crippen LogP contribution in [0.4, 0.5) is 6.01 Å². The third-order valence-electron chi connectivity index (χ3n) is 1.77. The highest BCUT2D eigenvalue weighted by Crippen LogP contribution is 2.14. The Balaban J connectivity index is 1.98. The van der Waals surface area contributed by atoms with E-state index in [9.17, 15) is 0 Å². The highest BCUT2D eigenvalue weighted by Gasteiger charge is 2.04. The fourth-order valence-electron chi connectivity index (χ4n) is 1.02. The van der Waals surface area contributed by atoms with Crippen molar-refractivity contribution in [3.63, 3.8) is 0 Å². The number of anilines is 1. The zero-order valence-corrected chi connectivity index (χ0v) is 8.76. The molecule has 0 saturated heterocycles. The van der Waals surface area contributed by atoms with Crippen LogP contribution in [0.1, 0.15) is 16.5 Å². The SMILES string of the molecule is Cc1nnc(NCc2scnc2C)o1. The Morgan fingerprint density at radius 3 is 2.86 bits per heavy atom. The van der Waals surface area contributed by atoms with Crippen LogP contribution in [0, 0.1) is 13.8 Å². The van der Waals surface area contributed by atoms with Gasteiger partial charge in [-0.15, -0.1) is 16.4 Å². The van der Waals surface area contributed by atoms with Gasteiger partial charge in [-0.25, -0.2) is 4.98 Å². The molecule has 6 heteroatoms. The van der Waals surface area contributed by atoms with Gasteiger partial charge in [0.15, 0.2) is 0 Å². The van der Waals surface area contributed by atoms with Crippen molar-refractivity contribution < 1.29 is 4.42 Å². The zero-order valence-electron chi connectivity index (χ0n) is 7.94. The topological polar surface area (TPSA) is 63.8 Å². The van der Waals surface area contributed by atoms with Crippen molar-refractivity contribution in [2.24, 2.45) is 0 Å². The second-order valence-corrected chi connectivity index (χ2v) is 3.78. The fourth-order valence-corrected chi connectivity index (χ4v) is 1.74. The molecule has 0 bridgehead atoms. The first kappa shape index (κ1) is 9.14. The van der Waals surface area contributed by atoms with Gasteiger partial charge in [-0.05, 0) is 6.92 Å². The molecule has 0 aromatic carbocycles. The van der Waals surface area contributed by atoms with Crippen LogP contribution in [0.3, 0.4) is 0 Å².